The third kappa shape index (κ3) is 2.20. The Kier molecular flexibility index (Phi) is 2.57. The van der Waals surface area contributed by atoms with E-state index in [0.29, 0.717) is 5.92 Å². The van der Waals surface area contributed by atoms with Crippen LogP contribution in [0.1, 0.15) is 0 Å². The van der Waals surface area contributed by atoms with Gasteiger partial charge in [0.05, 0.1) is 0 Å². The topological polar surface area (TPSA) is 0 Å². The number of hydrogen-bond acceptors (Lipinski definition) is 0. The van der Waals surface area contributed by atoms with Gasteiger partial charge >= 0.3 is 0 Å². The van der Waals surface area contributed by atoms with Crippen LogP contribution in [0.4, 0.5) is 0 Å². The number of halogens is 3. The molecule has 0 heterocycles. The van der Waals surface area contributed by atoms with Gasteiger partial charge in [0, 0.05) is 5.92 Å². The molecular formula is C6H5Br3. The van der Waals surface area contributed by atoms with Crippen LogP contribution in [0.3, 0.4) is 0 Å². The van der Waals surface area contributed by atoms with Crippen molar-refractivity contribution in [2.45, 2.75) is 2.14 Å². The second-order valence-electron chi connectivity index (χ2n) is 1.84. The Hall–Kier alpha value is 0.920. The van der Waals surface area contributed by atoms with Crippen molar-refractivity contribution in [2.24, 2.45) is 5.92 Å². The van der Waals surface area contributed by atoms with E-state index in [9.17, 15) is 0 Å². The van der Waals surface area contributed by atoms with Crippen molar-refractivity contribution in [2.75, 3.05) is 0 Å². The molecule has 0 amide bonds. The molecule has 0 N–H and O–H groups in total. The highest BCUT2D eigenvalue weighted by Crippen LogP contribution is 2.43. The summed E-state index contributed by atoms with van der Waals surface area (Å²) in [5.74, 6) is 0.400. The zero-order chi connectivity index (χ0) is 6.91. The molecule has 0 saturated carbocycles. The van der Waals surface area contributed by atoms with Crippen molar-refractivity contribution < 1.29 is 0 Å². The molecule has 9 heavy (non-hydrogen) atoms. The quantitative estimate of drug-likeness (QED) is 0.599. The van der Waals surface area contributed by atoms with Gasteiger partial charge in [0.25, 0.3) is 0 Å². The number of rotatable bonds is 0. The number of hydrogen-bond donors (Lipinski definition) is 0. The minimum absolute atomic E-state index is 0.156. The Labute approximate surface area is 79.8 Å². The Morgan fingerprint density at radius 2 is 1.44 bits per heavy atom. The van der Waals surface area contributed by atoms with Crippen LogP contribution in [0, 0.1) is 5.92 Å². The lowest BCUT2D eigenvalue weighted by molar-refractivity contribution is 0.922. The Morgan fingerprint density at radius 3 is 1.67 bits per heavy atom. The van der Waals surface area contributed by atoms with Gasteiger partial charge in [-0.2, -0.15) is 0 Å². The van der Waals surface area contributed by atoms with Crippen molar-refractivity contribution in [1.29, 1.82) is 0 Å². The molecule has 50 valence electrons. The van der Waals surface area contributed by atoms with Crippen LogP contribution < -0.4 is 0 Å². The van der Waals surface area contributed by atoms with Crippen molar-refractivity contribution in [3.8, 4) is 0 Å². The minimum Gasteiger partial charge on any atom is -0.0745 e. The summed E-state index contributed by atoms with van der Waals surface area (Å²) in [6.07, 6.45) is 8.28. The molecular weight excluding hydrogens is 312 g/mol. The van der Waals surface area contributed by atoms with Gasteiger partial charge in [-0.1, -0.05) is 72.1 Å². The molecule has 0 aromatic heterocycles. The van der Waals surface area contributed by atoms with Gasteiger partial charge in [-0.05, 0) is 0 Å². The monoisotopic (exact) mass is 314 g/mol. The van der Waals surface area contributed by atoms with E-state index in [1.165, 1.54) is 0 Å². The van der Waals surface area contributed by atoms with E-state index in [4.69, 9.17) is 0 Å². The van der Waals surface area contributed by atoms with Crippen molar-refractivity contribution in [3.63, 3.8) is 0 Å². The van der Waals surface area contributed by atoms with E-state index >= 15 is 0 Å². The van der Waals surface area contributed by atoms with Gasteiger partial charge in [0.1, 0.15) is 2.14 Å². The first-order valence-electron chi connectivity index (χ1n) is 2.52. The molecule has 3 heteroatoms. The van der Waals surface area contributed by atoms with E-state index in [0.717, 1.165) is 0 Å². The molecule has 0 aromatic rings. The van der Waals surface area contributed by atoms with Gasteiger partial charge in [-0.15, -0.1) is 0 Å². The van der Waals surface area contributed by atoms with Crippen LogP contribution in [0.2, 0.25) is 0 Å². The maximum atomic E-state index is 3.44. The summed E-state index contributed by atoms with van der Waals surface area (Å²) < 4.78 is -0.156. The molecule has 1 aliphatic rings. The second kappa shape index (κ2) is 2.89. The molecule has 0 atom stereocenters. The molecule has 0 spiro atoms. The van der Waals surface area contributed by atoms with Gasteiger partial charge in [-0.25, -0.2) is 0 Å². The largest absolute Gasteiger partial charge is 0.144 e. The summed E-state index contributed by atoms with van der Waals surface area (Å²) in [5, 5.41) is 0. The van der Waals surface area contributed by atoms with Gasteiger partial charge in [0.15, 0.2) is 0 Å². The summed E-state index contributed by atoms with van der Waals surface area (Å²) in [6, 6.07) is 0. The predicted octanol–water partition coefficient (Wildman–Crippen LogP) is 3.57. The Morgan fingerprint density at radius 1 is 1.00 bits per heavy atom. The van der Waals surface area contributed by atoms with Crippen LogP contribution >= 0.6 is 47.8 Å². The lowest BCUT2D eigenvalue weighted by Gasteiger charge is -2.16. The molecule has 0 unspecified atom stereocenters. The highest BCUT2D eigenvalue weighted by Gasteiger charge is 2.27. The summed E-state index contributed by atoms with van der Waals surface area (Å²) >= 11 is 10.3. The molecule has 0 nitrogen and oxygen atoms in total. The first kappa shape index (κ1) is 8.02. The molecule has 0 saturated heterocycles. The highest BCUT2D eigenvalue weighted by molar-refractivity contribution is 9.39. The SMILES string of the molecule is BrC(Br)(Br)C1C=CC=C1. The third-order valence-electron chi connectivity index (χ3n) is 1.13. The van der Waals surface area contributed by atoms with Crippen molar-refractivity contribution in [3.05, 3.63) is 24.3 Å². The zero-order valence-corrected chi connectivity index (χ0v) is 9.28. The van der Waals surface area contributed by atoms with Crippen LogP contribution in [-0.2, 0) is 0 Å². The molecule has 1 rings (SSSR count). The van der Waals surface area contributed by atoms with Gasteiger partial charge < -0.3 is 0 Å². The Balaban J connectivity index is 2.64. The maximum absolute atomic E-state index is 3.44. The van der Waals surface area contributed by atoms with Crippen LogP contribution in [0.25, 0.3) is 0 Å². The van der Waals surface area contributed by atoms with Gasteiger partial charge in [-0.3, -0.25) is 0 Å². The summed E-state index contributed by atoms with van der Waals surface area (Å²) in [6.45, 7) is 0. The van der Waals surface area contributed by atoms with E-state index in [2.05, 4.69) is 59.9 Å². The van der Waals surface area contributed by atoms with E-state index < -0.39 is 0 Å². The lowest BCUT2D eigenvalue weighted by Crippen LogP contribution is -2.10. The van der Waals surface area contributed by atoms with E-state index in [-0.39, 0.29) is 2.14 Å². The normalized spacial score (nSPS) is 19.4. The molecule has 0 aliphatic heterocycles. The summed E-state index contributed by atoms with van der Waals surface area (Å²) in [5.41, 5.74) is 0. The summed E-state index contributed by atoms with van der Waals surface area (Å²) in [4.78, 5) is 0. The third-order valence-corrected chi connectivity index (χ3v) is 2.71. The Bertz CT molecular complexity index is 140. The smallest absolute Gasteiger partial charge is 0.0745 e. The molecule has 0 bridgehead atoms. The number of alkyl halides is 3. The van der Waals surface area contributed by atoms with Crippen molar-refractivity contribution in [1.82, 2.24) is 0 Å². The highest BCUT2D eigenvalue weighted by atomic mass is 80.0. The zero-order valence-electron chi connectivity index (χ0n) is 4.52. The lowest BCUT2D eigenvalue weighted by atomic mass is 10.2. The minimum atomic E-state index is -0.156. The van der Waals surface area contributed by atoms with Crippen LogP contribution in [0.5, 0.6) is 0 Å². The average molecular weight is 317 g/mol. The first-order chi connectivity index (χ1) is 4.11. The standard InChI is InChI=1S/C6H5Br3/c7-6(8,9)5-3-1-2-4-5/h1-5H. The fourth-order valence-electron chi connectivity index (χ4n) is 0.650. The van der Waals surface area contributed by atoms with Crippen molar-refractivity contribution >= 4 is 47.8 Å². The average Bonchev–Trinajstić information content (AvgIpc) is 2.08. The van der Waals surface area contributed by atoms with E-state index in [1.54, 1.807) is 0 Å². The molecule has 0 fully saturated rings. The molecule has 0 radical (unpaired) electrons. The molecule has 1 aliphatic carbocycles. The molecule has 0 aromatic carbocycles. The van der Waals surface area contributed by atoms with Crippen LogP contribution in [0.15, 0.2) is 24.3 Å². The summed E-state index contributed by atoms with van der Waals surface area (Å²) in [7, 11) is 0. The fraction of sp³-hybridized carbons (Fsp3) is 0.333. The predicted molar refractivity (Wildman–Crippen MR) is 51.3 cm³/mol. The van der Waals surface area contributed by atoms with Gasteiger partial charge in [0.2, 0.25) is 0 Å². The van der Waals surface area contributed by atoms with Crippen LogP contribution in [-0.4, -0.2) is 2.14 Å². The number of allylic oxidation sites excluding steroid dienone is 4. The maximum Gasteiger partial charge on any atom is 0.144 e. The first-order valence-corrected chi connectivity index (χ1v) is 4.90. The second-order valence-corrected chi connectivity index (χ2v) is 8.78. The van der Waals surface area contributed by atoms with E-state index in [1.807, 2.05) is 12.2 Å². The fourth-order valence-corrected chi connectivity index (χ4v) is 1.57.